The van der Waals surface area contributed by atoms with Crippen LogP contribution in [-0.4, -0.2) is 26.6 Å². The summed E-state index contributed by atoms with van der Waals surface area (Å²) in [6, 6.07) is 9.82. The van der Waals surface area contributed by atoms with Crippen LogP contribution in [0.15, 0.2) is 35.7 Å². The molecule has 1 aliphatic rings. The Bertz CT molecular complexity index is 778. The van der Waals surface area contributed by atoms with Crippen LogP contribution in [0, 0.1) is 0 Å². The molecule has 4 rings (SSSR count). The third kappa shape index (κ3) is 2.79. The molecule has 0 unspecified atom stereocenters. The second-order valence-corrected chi connectivity index (χ2v) is 6.88. The van der Waals surface area contributed by atoms with E-state index < -0.39 is 0 Å². The highest BCUT2D eigenvalue weighted by molar-refractivity contribution is 7.10. The summed E-state index contributed by atoms with van der Waals surface area (Å²) < 4.78 is 0. The summed E-state index contributed by atoms with van der Waals surface area (Å²) in [5.41, 5.74) is 2.43. The van der Waals surface area contributed by atoms with Crippen molar-refractivity contribution in [2.45, 2.75) is 19.5 Å². The lowest BCUT2D eigenvalue weighted by molar-refractivity contribution is 0.241. The standard InChI is InChI=1S/C16H15ClN4S/c17-13-3-1-11(2-4-13)16-18-15(19-20-16)10-21-7-5-14-12(9-21)6-8-22-14/h1-4,6,8H,5,7,9-10H2,(H,18,19,20). The quantitative estimate of drug-likeness (QED) is 0.795. The molecule has 1 N–H and O–H groups in total. The molecular weight excluding hydrogens is 316 g/mol. The van der Waals surface area contributed by atoms with Gasteiger partial charge in [-0.3, -0.25) is 10.00 Å². The molecule has 0 saturated heterocycles. The molecule has 112 valence electrons. The monoisotopic (exact) mass is 330 g/mol. The van der Waals surface area contributed by atoms with E-state index in [1.807, 2.05) is 35.6 Å². The van der Waals surface area contributed by atoms with Gasteiger partial charge in [-0.15, -0.1) is 11.3 Å². The number of benzene rings is 1. The molecule has 3 heterocycles. The van der Waals surface area contributed by atoms with Gasteiger partial charge in [0.1, 0.15) is 5.82 Å². The average Bonchev–Trinajstić information content (AvgIpc) is 3.17. The van der Waals surface area contributed by atoms with E-state index in [-0.39, 0.29) is 0 Å². The normalized spacial score (nSPS) is 15.0. The van der Waals surface area contributed by atoms with E-state index in [1.54, 1.807) is 0 Å². The van der Waals surface area contributed by atoms with Gasteiger partial charge in [0.15, 0.2) is 5.82 Å². The SMILES string of the molecule is Clc1ccc(-c2n[nH]c(CN3CCc4sccc4C3)n2)cc1. The number of aromatic nitrogens is 3. The zero-order chi connectivity index (χ0) is 14.9. The first-order valence-corrected chi connectivity index (χ1v) is 8.48. The van der Waals surface area contributed by atoms with Crippen LogP contribution in [0.25, 0.3) is 11.4 Å². The zero-order valence-electron chi connectivity index (χ0n) is 11.9. The fourth-order valence-electron chi connectivity index (χ4n) is 2.75. The van der Waals surface area contributed by atoms with E-state index in [0.717, 1.165) is 48.3 Å². The highest BCUT2D eigenvalue weighted by Gasteiger charge is 2.18. The van der Waals surface area contributed by atoms with E-state index in [0.29, 0.717) is 0 Å². The summed E-state index contributed by atoms with van der Waals surface area (Å²) in [6.45, 7) is 2.87. The minimum atomic E-state index is 0.722. The van der Waals surface area contributed by atoms with E-state index >= 15 is 0 Å². The van der Waals surface area contributed by atoms with Crippen LogP contribution in [0.2, 0.25) is 5.02 Å². The first-order valence-electron chi connectivity index (χ1n) is 7.23. The molecule has 0 radical (unpaired) electrons. The van der Waals surface area contributed by atoms with Crippen LogP contribution in [-0.2, 0) is 19.5 Å². The Morgan fingerprint density at radius 1 is 1.23 bits per heavy atom. The lowest BCUT2D eigenvalue weighted by Crippen LogP contribution is -2.29. The second kappa shape index (κ2) is 5.83. The molecule has 6 heteroatoms. The molecule has 1 aliphatic heterocycles. The Morgan fingerprint density at radius 2 is 2.09 bits per heavy atom. The van der Waals surface area contributed by atoms with Gasteiger partial charge in [-0.25, -0.2) is 4.98 Å². The molecule has 3 aromatic rings. The average molecular weight is 331 g/mol. The molecule has 1 aromatic carbocycles. The topological polar surface area (TPSA) is 44.8 Å². The molecule has 0 bridgehead atoms. The van der Waals surface area contributed by atoms with E-state index in [9.17, 15) is 0 Å². The number of hydrogen-bond acceptors (Lipinski definition) is 4. The van der Waals surface area contributed by atoms with E-state index in [2.05, 4.69) is 31.5 Å². The number of nitrogens with zero attached hydrogens (tertiary/aromatic N) is 3. The van der Waals surface area contributed by atoms with Crippen molar-refractivity contribution in [2.24, 2.45) is 0 Å². The van der Waals surface area contributed by atoms with Crippen molar-refractivity contribution in [1.82, 2.24) is 20.1 Å². The minimum Gasteiger partial charge on any atom is -0.291 e. The number of rotatable bonds is 3. The van der Waals surface area contributed by atoms with Gasteiger partial charge in [0.2, 0.25) is 0 Å². The highest BCUT2D eigenvalue weighted by Crippen LogP contribution is 2.25. The van der Waals surface area contributed by atoms with Gasteiger partial charge in [0, 0.05) is 28.6 Å². The molecule has 0 spiro atoms. The summed E-state index contributed by atoms with van der Waals surface area (Å²) in [6.07, 6.45) is 1.13. The number of hydrogen-bond donors (Lipinski definition) is 1. The molecule has 0 aliphatic carbocycles. The van der Waals surface area contributed by atoms with Crippen molar-refractivity contribution < 1.29 is 0 Å². The maximum Gasteiger partial charge on any atom is 0.181 e. The Morgan fingerprint density at radius 3 is 2.95 bits per heavy atom. The van der Waals surface area contributed by atoms with Gasteiger partial charge in [-0.1, -0.05) is 11.6 Å². The van der Waals surface area contributed by atoms with Gasteiger partial charge < -0.3 is 0 Å². The van der Waals surface area contributed by atoms with Gasteiger partial charge in [0.05, 0.1) is 6.54 Å². The third-order valence-electron chi connectivity index (χ3n) is 3.89. The summed E-state index contributed by atoms with van der Waals surface area (Å²) in [7, 11) is 0. The lowest BCUT2D eigenvalue weighted by Gasteiger charge is -2.25. The van der Waals surface area contributed by atoms with E-state index in [4.69, 9.17) is 11.6 Å². The lowest BCUT2D eigenvalue weighted by atomic mass is 10.1. The third-order valence-corrected chi connectivity index (χ3v) is 5.17. The van der Waals surface area contributed by atoms with Crippen molar-refractivity contribution >= 4 is 22.9 Å². The smallest absolute Gasteiger partial charge is 0.181 e. The van der Waals surface area contributed by atoms with Gasteiger partial charge >= 0.3 is 0 Å². The predicted molar refractivity (Wildman–Crippen MR) is 89.0 cm³/mol. The van der Waals surface area contributed by atoms with Crippen LogP contribution in [0.3, 0.4) is 0 Å². The van der Waals surface area contributed by atoms with Crippen molar-refractivity contribution in [3.05, 3.63) is 57.0 Å². The fourth-order valence-corrected chi connectivity index (χ4v) is 3.76. The molecule has 0 fully saturated rings. The number of aromatic amines is 1. The number of nitrogens with one attached hydrogen (secondary N) is 1. The zero-order valence-corrected chi connectivity index (χ0v) is 13.5. The number of thiophene rings is 1. The molecule has 0 saturated carbocycles. The van der Waals surface area contributed by atoms with Crippen LogP contribution < -0.4 is 0 Å². The van der Waals surface area contributed by atoms with Crippen LogP contribution in [0.5, 0.6) is 0 Å². The summed E-state index contributed by atoms with van der Waals surface area (Å²) in [5, 5.41) is 10.3. The first-order chi connectivity index (χ1) is 10.8. The molecule has 0 amide bonds. The number of halogens is 1. The Balaban J connectivity index is 1.47. The van der Waals surface area contributed by atoms with Gasteiger partial charge in [-0.05, 0) is 47.7 Å². The molecule has 22 heavy (non-hydrogen) atoms. The first kappa shape index (κ1) is 13.9. The molecule has 2 aromatic heterocycles. The van der Waals surface area contributed by atoms with Crippen molar-refractivity contribution in [2.75, 3.05) is 6.54 Å². The Labute approximate surface area is 137 Å². The Hall–Kier alpha value is -1.69. The minimum absolute atomic E-state index is 0.722. The molecular formula is C16H15ClN4S. The summed E-state index contributed by atoms with van der Waals surface area (Å²) in [5.74, 6) is 1.63. The highest BCUT2D eigenvalue weighted by atomic mass is 35.5. The predicted octanol–water partition coefficient (Wildman–Crippen LogP) is 3.74. The van der Waals surface area contributed by atoms with E-state index in [1.165, 1.54) is 10.4 Å². The van der Waals surface area contributed by atoms with Crippen LogP contribution >= 0.6 is 22.9 Å². The summed E-state index contributed by atoms with van der Waals surface area (Å²) in [4.78, 5) is 8.53. The Kier molecular flexibility index (Phi) is 3.70. The van der Waals surface area contributed by atoms with Crippen molar-refractivity contribution in [3.63, 3.8) is 0 Å². The molecule has 4 nitrogen and oxygen atoms in total. The largest absolute Gasteiger partial charge is 0.291 e. The second-order valence-electron chi connectivity index (χ2n) is 5.44. The molecule has 0 atom stereocenters. The van der Waals surface area contributed by atoms with Crippen LogP contribution in [0.1, 0.15) is 16.3 Å². The maximum absolute atomic E-state index is 5.91. The summed E-state index contributed by atoms with van der Waals surface area (Å²) >= 11 is 7.77. The number of H-pyrrole nitrogens is 1. The van der Waals surface area contributed by atoms with Crippen molar-refractivity contribution in [1.29, 1.82) is 0 Å². The fraction of sp³-hybridized carbons (Fsp3) is 0.250. The van der Waals surface area contributed by atoms with Gasteiger partial charge in [-0.2, -0.15) is 5.10 Å². The number of fused-ring (bicyclic) bond motifs is 1. The van der Waals surface area contributed by atoms with Crippen LogP contribution in [0.4, 0.5) is 0 Å². The maximum atomic E-state index is 5.91. The van der Waals surface area contributed by atoms with Gasteiger partial charge in [0.25, 0.3) is 0 Å². The van der Waals surface area contributed by atoms with Crippen molar-refractivity contribution in [3.8, 4) is 11.4 Å².